The minimum absolute atomic E-state index is 0.325. The molecule has 0 saturated carbocycles. The van der Waals surface area contributed by atoms with E-state index in [9.17, 15) is 4.79 Å². The Labute approximate surface area is 108 Å². The van der Waals surface area contributed by atoms with E-state index in [2.05, 4.69) is 20.6 Å². The lowest BCUT2D eigenvalue weighted by molar-refractivity contribution is 0.101. The van der Waals surface area contributed by atoms with Gasteiger partial charge in [-0.1, -0.05) is 18.3 Å². The summed E-state index contributed by atoms with van der Waals surface area (Å²) in [6.07, 6.45) is 0.792. The molecule has 2 aromatic rings. The fraction of sp³-hybridized carbons (Fsp3) is 0.400. The van der Waals surface area contributed by atoms with E-state index < -0.39 is 0 Å². The lowest BCUT2D eigenvalue weighted by Gasteiger charge is -2.02. The SMILES string of the molecule is CCc1nnc(NC(=O)c2c(N)c(C)nn2C)s1. The predicted octanol–water partition coefficient (Wildman–Crippen LogP) is 0.977. The molecule has 1 amide bonds. The summed E-state index contributed by atoms with van der Waals surface area (Å²) in [6, 6.07) is 0. The summed E-state index contributed by atoms with van der Waals surface area (Å²) in [7, 11) is 1.68. The zero-order chi connectivity index (χ0) is 13.3. The van der Waals surface area contributed by atoms with Gasteiger partial charge in [0.05, 0.1) is 11.4 Å². The van der Waals surface area contributed by atoms with Crippen molar-refractivity contribution < 1.29 is 4.79 Å². The van der Waals surface area contributed by atoms with Crippen LogP contribution in [0.25, 0.3) is 0 Å². The van der Waals surface area contributed by atoms with Crippen molar-refractivity contribution in [1.29, 1.82) is 0 Å². The van der Waals surface area contributed by atoms with E-state index in [1.807, 2.05) is 6.92 Å². The van der Waals surface area contributed by atoms with Crippen LogP contribution in [0, 0.1) is 6.92 Å². The van der Waals surface area contributed by atoms with Crippen LogP contribution < -0.4 is 11.1 Å². The lowest BCUT2D eigenvalue weighted by atomic mass is 10.3. The maximum absolute atomic E-state index is 12.1. The van der Waals surface area contributed by atoms with Crippen molar-refractivity contribution in [3.63, 3.8) is 0 Å². The van der Waals surface area contributed by atoms with Crippen molar-refractivity contribution >= 4 is 28.1 Å². The Kier molecular flexibility index (Phi) is 3.28. The molecule has 18 heavy (non-hydrogen) atoms. The highest BCUT2D eigenvalue weighted by molar-refractivity contribution is 7.15. The maximum Gasteiger partial charge on any atom is 0.277 e. The predicted molar refractivity (Wildman–Crippen MR) is 69.6 cm³/mol. The highest BCUT2D eigenvalue weighted by Crippen LogP contribution is 2.19. The molecule has 0 aromatic carbocycles. The van der Waals surface area contributed by atoms with E-state index in [1.54, 1.807) is 14.0 Å². The summed E-state index contributed by atoms with van der Waals surface area (Å²) >= 11 is 1.35. The average Bonchev–Trinajstić information content (AvgIpc) is 2.85. The second-order valence-corrected chi connectivity index (χ2v) is 4.84. The van der Waals surface area contributed by atoms with Crippen molar-refractivity contribution in [2.45, 2.75) is 20.3 Å². The molecule has 7 nitrogen and oxygen atoms in total. The van der Waals surface area contributed by atoms with Crippen LogP contribution in [0.4, 0.5) is 10.8 Å². The number of nitrogens with one attached hydrogen (secondary N) is 1. The molecule has 2 rings (SSSR count). The standard InChI is InChI=1S/C10H14N6OS/c1-4-6-13-14-10(18-6)12-9(17)8-7(11)5(2)15-16(8)3/h4,11H2,1-3H3,(H,12,14,17). The van der Waals surface area contributed by atoms with Crippen molar-refractivity contribution in [2.75, 3.05) is 11.1 Å². The van der Waals surface area contributed by atoms with E-state index in [0.29, 0.717) is 22.2 Å². The number of aryl methyl sites for hydroxylation is 3. The molecular weight excluding hydrogens is 252 g/mol. The Morgan fingerprint density at radius 2 is 2.22 bits per heavy atom. The number of nitrogens with zero attached hydrogens (tertiary/aromatic N) is 4. The van der Waals surface area contributed by atoms with Crippen LogP contribution in [0.1, 0.15) is 28.1 Å². The first-order valence-corrected chi connectivity index (χ1v) is 6.27. The molecule has 2 aromatic heterocycles. The molecule has 8 heteroatoms. The number of nitrogens with two attached hydrogens (primary N) is 1. The minimum Gasteiger partial charge on any atom is -0.395 e. The third-order valence-corrected chi connectivity index (χ3v) is 3.46. The zero-order valence-electron chi connectivity index (χ0n) is 10.4. The monoisotopic (exact) mass is 266 g/mol. The number of aromatic nitrogens is 4. The van der Waals surface area contributed by atoms with E-state index >= 15 is 0 Å². The molecule has 2 heterocycles. The molecule has 0 atom stereocenters. The van der Waals surface area contributed by atoms with E-state index in [0.717, 1.165) is 11.4 Å². The Bertz CT molecular complexity index is 587. The topological polar surface area (TPSA) is 98.7 Å². The van der Waals surface area contributed by atoms with Gasteiger partial charge in [0.25, 0.3) is 5.91 Å². The fourth-order valence-corrected chi connectivity index (χ4v) is 2.22. The number of hydrogen-bond donors (Lipinski definition) is 2. The second kappa shape index (κ2) is 4.73. The molecule has 0 spiro atoms. The van der Waals surface area contributed by atoms with Gasteiger partial charge in [0.2, 0.25) is 5.13 Å². The van der Waals surface area contributed by atoms with Gasteiger partial charge in [-0.3, -0.25) is 14.8 Å². The number of nitrogen functional groups attached to an aromatic ring is 1. The van der Waals surface area contributed by atoms with Gasteiger partial charge in [-0.15, -0.1) is 10.2 Å². The van der Waals surface area contributed by atoms with Crippen LogP contribution in [-0.2, 0) is 13.5 Å². The number of rotatable bonds is 3. The summed E-state index contributed by atoms with van der Waals surface area (Å²) in [6.45, 7) is 3.74. The smallest absolute Gasteiger partial charge is 0.277 e. The quantitative estimate of drug-likeness (QED) is 0.862. The Morgan fingerprint density at radius 1 is 1.50 bits per heavy atom. The third-order valence-electron chi connectivity index (χ3n) is 2.47. The number of hydrogen-bond acceptors (Lipinski definition) is 6. The van der Waals surface area contributed by atoms with E-state index in [-0.39, 0.29) is 5.91 Å². The average molecular weight is 266 g/mol. The van der Waals surface area contributed by atoms with Crippen molar-refractivity contribution in [3.8, 4) is 0 Å². The largest absolute Gasteiger partial charge is 0.395 e. The molecule has 0 aliphatic rings. The van der Waals surface area contributed by atoms with Gasteiger partial charge in [-0.2, -0.15) is 5.10 Å². The maximum atomic E-state index is 12.1. The Balaban J connectivity index is 2.21. The van der Waals surface area contributed by atoms with Crippen LogP contribution in [0.5, 0.6) is 0 Å². The summed E-state index contributed by atoms with van der Waals surface area (Å²) < 4.78 is 1.46. The highest BCUT2D eigenvalue weighted by Gasteiger charge is 2.19. The Morgan fingerprint density at radius 3 is 2.72 bits per heavy atom. The molecule has 0 bridgehead atoms. The highest BCUT2D eigenvalue weighted by atomic mass is 32.1. The Hall–Kier alpha value is -1.96. The van der Waals surface area contributed by atoms with E-state index in [4.69, 9.17) is 5.73 Å². The van der Waals surface area contributed by atoms with Gasteiger partial charge in [0, 0.05) is 7.05 Å². The van der Waals surface area contributed by atoms with Crippen LogP contribution in [0.15, 0.2) is 0 Å². The van der Waals surface area contributed by atoms with Gasteiger partial charge >= 0.3 is 0 Å². The zero-order valence-corrected chi connectivity index (χ0v) is 11.2. The van der Waals surface area contributed by atoms with Crippen LogP contribution in [-0.4, -0.2) is 25.9 Å². The first-order valence-electron chi connectivity index (χ1n) is 5.45. The van der Waals surface area contributed by atoms with E-state index in [1.165, 1.54) is 16.0 Å². The van der Waals surface area contributed by atoms with Crippen molar-refractivity contribution in [3.05, 3.63) is 16.4 Å². The molecule has 0 unspecified atom stereocenters. The summed E-state index contributed by atoms with van der Waals surface area (Å²) in [4.78, 5) is 12.1. The summed E-state index contributed by atoms with van der Waals surface area (Å²) in [5.41, 5.74) is 7.16. The molecule has 0 fully saturated rings. The van der Waals surface area contributed by atoms with Crippen LogP contribution in [0.2, 0.25) is 0 Å². The number of anilines is 2. The molecule has 96 valence electrons. The van der Waals surface area contributed by atoms with Crippen molar-refractivity contribution in [2.24, 2.45) is 7.05 Å². The van der Waals surface area contributed by atoms with Gasteiger partial charge in [0.1, 0.15) is 10.7 Å². The normalized spacial score (nSPS) is 10.6. The minimum atomic E-state index is -0.325. The van der Waals surface area contributed by atoms with Gasteiger partial charge < -0.3 is 5.73 Å². The fourth-order valence-electron chi connectivity index (χ4n) is 1.55. The molecule has 0 saturated heterocycles. The number of carbonyl (C=O) groups is 1. The third kappa shape index (κ3) is 2.19. The second-order valence-electron chi connectivity index (χ2n) is 3.78. The van der Waals surface area contributed by atoms with Crippen molar-refractivity contribution in [1.82, 2.24) is 20.0 Å². The van der Waals surface area contributed by atoms with Crippen LogP contribution >= 0.6 is 11.3 Å². The lowest BCUT2D eigenvalue weighted by Crippen LogP contribution is -2.17. The van der Waals surface area contributed by atoms with Crippen LogP contribution in [0.3, 0.4) is 0 Å². The molecule has 0 aliphatic heterocycles. The molecule has 0 radical (unpaired) electrons. The van der Waals surface area contributed by atoms with Gasteiger partial charge in [0.15, 0.2) is 0 Å². The molecule has 0 aliphatic carbocycles. The molecular formula is C10H14N6OS. The number of amides is 1. The number of carbonyl (C=O) groups excluding carboxylic acids is 1. The first-order chi connectivity index (χ1) is 8.52. The van der Waals surface area contributed by atoms with Gasteiger partial charge in [-0.05, 0) is 13.3 Å². The van der Waals surface area contributed by atoms with Gasteiger partial charge in [-0.25, -0.2) is 0 Å². The summed E-state index contributed by atoms with van der Waals surface area (Å²) in [5, 5.41) is 15.9. The molecule has 3 N–H and O–H groups in total. The summed E-state index contributed by atoms with van der Waals surface area (Å²) in [5.74, 6) is -0.325. The first kappa shape index (κ1) is 12.5.